The number of thiophene rings is 1. The van der Waals surface area contributed by atoms with Crippen molar-refractivity contribution in [2.24, 2.45) is 0 Å². The Hall–Kier alpha value is -1.69. The average molecular weight is 278 g/mol. The van der Waals surface area contributed by atoms with Crippen molar-refractivity contribution in [2.75, 3.05) is 13.7 Å². The van der Waals surface area contributed by atoms with E-state index in [1.54, 1.807) is 29.6 Å². The molecule has 5 heteroatoms. The van der Waals surface area contributed by atoms with Gasteiger partial charge in [-0.3, -0.25) is 0 Å². The second-order valence-corrected chi connectivity index (χ2v) is 5.04. The molecule has 0 saturated heterocycles. The molecule has 0 saturated carbocycles. The molecular formula is C14H14O4S. The minimum atomic E-state index is -1.45. The number of benzene rings is 1. The van der Waals surface area contributed by atoms with E-state index in [2.05, 4.69) is 0 Å². The number of hydrogen-bond acceptors (Lipinski definition) is 4. The molecule has 2 N–H and O–H groups in total. The summed E-state index contributed by atoms with van der Waals surface area (Å²) in [6.45, 7) is -0.00218. The van der Waals surface area contributed by atoms with Crippen LogP contribution in [0.5, 0.6) is 0 Å². The predicted octanol–water partition coefficient (Wildman–Crippen LogP) is 2.33. The number of carboxylic acids is 1. The maximum atomic E-state index is 11.2. The molecule has 0 aliphatic carbocycles. The third-order valence-corrected chi connectivity index (χ3v) is 3.94. The van der Waals surface area contributed by atoms with Crippen LogP contribution < -0.4 is 0 Å². The highest BCUT2D eigenvalue weighted by Gasteiger charge is 2.36. The highest BCUT2D eigenvalue weighted by Crippen LogP contribution is 2.35. The van der Waals surface area contributed by atoms with Gasteiger partial charge in [-0.25, -0.2) is 4.79 Å². The van der Waals surface area contributed by atoms with Crippen LogP contribution in [-0.4, -0.2) is 29.9 Å². The number of methoxy groups -OCH3 is 1. The molecule has 1 atom stereocenters. The minimum absolute atomic E-state index is 0.00218. The summed E-state index contributed by atoms with van der Waals surface area (Å²) in [5, 5.41) is 21.7. The third-order valence-electron chi connectivity index (χ3n) is 2.88. The Balaban J connectivity index is 2.56. The Kier molecular flexibility index (Phi) is 3.99. The Labute approximate surface area is 114 Å². The maximum absolute atomic E-state index is 11.2. The van der Waals surface area contributed by atoms with Crippen molar-refractivity contribution in [3.05, 3.63) is 57.8 Å². The van der Waals surface area contributed by atoms with Gasteiger partial charge in [0.2, 0.25) is 0 Å². The summed E-state index contributed by atoms with van der Waals surface area (Å²) in [6.07, 6.45) is 0. The topological polar surface area (TPSA) is 66.8 Å². The van der Waals surface area contributed by atoms with Gasteiger partial charge in [-0.2, -0.15) is 0 Å². The zero-order valence-corrected chi connectivity index (χ0v) is 11.2. The fourth-order valence-electron chi connectivity index (χ4n) is 2.00. The van der Waals surface area contributed by atoms with E-state index in [1.807, 2.05) is 6.07 Å². The first-order valence-corrected chi connectivity index (χ1v) is 6.55. The molecule has 0 fully saturated rings. The molecule has 1 aromatic carbocycles. The molecule has 1 aromatic heterocycles. The number of carbonyl (C=O) groups is 1. The van der Waals surface area contributed by atoms with Gasteiger partial charge in [0, 0.05) is 7.11 Å². The lowest BCUT2D eigenvalue weighted by atomic mass is 9.91. The Morgan fingerprint density at radius 2 is 2.00 bits per heavy atom. The molecule has 19 heavy (non-hydrogen) atoms. The molecule has 0 radical (unpaired) electrons. The summed E-state index contributed by atoms with van der Waals surface area (Å²) in [7, 11) is 1.47. The van der Waals surface area contributed by atoms with E-state index in [-0.39, 0.29) is 12.2 Å². The molecule has 0 spiro atoms. The monoisotopic (exact) mass is 278 g/mol. The molecule has 1 unspecified atom stereocenters. The summed E-state index contributed by atoms with van der Waals surface area (Å²) in [6, 6.07) is 10.4. The number of carboxylic acid groups (broad SMARTS) is 1. The van der Waals surface area contributed by atoms with Gasteiger partial charge in [0.25, 0.3) is 0 Å². The summed E-state index contributed by atoms with van der Waals surface area (Å²) in [4.78, 5) is 11.6. The van der Waals surface area contributed by atoms with Gasteiger partial charge in [0.15, 0.2) is 0 Å². The minimum Gasteiger partial charge on any atom is -0.478 e. The fraction of sp³-hybridized carbons (Fsp3) is 0.214. The van der Waals surface area contributed by atoms with Gasteiger partial charge >= 0.3 is 5.97 Å². The number of rotatable bonds is 5. The number of aromatic carboxylic acids is 1. The molecule has 2 rings (SSSR count). The van der Waals surface area contributed by atoms with E-state index in [4.69, 9.17) is 4.74 Å². The first-order chi connectivity index (χ1) is 9.09. The van der Waals surface area contributed by atoms with Crippen LogP contribution in [0.1, 0.15) is 20.8 Å². The molecule has 4 nitrogen and oxygen atoms in total. The number of hydrogen-bond donors (Lipinski definition) is 2. The van der Waals surface area contributed by atoms with Gasteiger partial charge in [0.1, 0.15) is 5.60 Å². The van der Waals surface area contributed by atoms with Crippen molar-refractivity contribution in [1.82, 2.24) is 0 Å². The van der Waals surface area contributed by atoms with Crippen LogP contribution in [-0.2, 0) is 10.3 Å². The van der Waals surface area contributed by atoms with Crippen molar-refractivity contribution in [1.29, 1.82) is 0 Å². The van der Waals surface area contributed by atoms with E-state index >= 15 is 0 Å². The van der Waals surface area contributed by atoms with Crippen LogP contribution in [0.3, 0.4) is 0 Å². The normalized spacial score (nSPS) is 14.0. The van der Waals surface area contributed by atoms with Gasteiger partial charge in [0.05, 0.1) is 17.0 Å². The van der Waals surface area contributed by atoms with E-state index < -0.39 is 11.6 Å². The van der Waals surface area contributed by atoms with E-state index in [0.29, 0.717) is 10.4 Å². The molecular weight excluding hydrogens is 264 g/mol. The van der Waals surface area contributed by atoms with Gasteiger partial charge in [-0.1, -0.05) is 30.3 Å². The quantitative estimate of drug-likeness (QED) is 0.881. The van der Waals surface area contributed by atoms with Crippen molar-refractivity contribution >= 4 is 17.3 Å². The van der Waals surface area contributed by atoms with Crippen molar-refractivity contribution in [2.45, 2.75) is 5.60 Å². The standard InChI is InChI=1S/C14H14O4S/c1-18-9-14(17,10-5-3-2-4-6-10)12-11(13(15)16)7-8-19-12/h2-8,17H,9H2,1H3,(H,15,16). The molecule has 1 heterocycles. The van der Waals surface area contributed by atoms with Crippen LogP contribution in [0, 0.1) is 0 Å². The van der Waals surface area contributed by atoms with Gasteiger partial charge < -0.3 is 14.9 Å². The third kappa shape index (κ3) is 2.53. The molecule has 2 aromatic rings. The van der Waals surface area contributed by atoms with Crippen LogP contribution in [0.15, 0.2) is 41.8 Å². The predicted molar refractivity (Wildman–Crippen MR) is 72.6 cm³/mol. The van der Waals surface area contributed by atoms with Gasteiger partial charge in [-0.05, 0) is 17.0 Å². The zero-order chi connectivity index (χ0) is 13.9. The van der Waals surface area contributed by atoms with E-state index in [9.17, 15) is 15.0 Å². The maximum Gasteiger partial charge on any atom is 0.336 e. The second-order valence-electron chi connectivity index (χ2n) is 4.13. The van der Waals surface area contributed by atoms with Crippen LogP contribution in [0.4, 0.5) is 0 Å². The van der Waals surface area contributed by atoms with E-state index in [0.717, 1.165) is 0 Å². The fourth-order valence-corrected chi connectivity index (χ4v) is 2.99. The summed E-state index contributed by atoms with van der Waals surface area (Å²) < 4.78 is 5.08. The smallest absolute Gasteiger partial charge is 0.336 e. The van der Waals surface area contributed by atoms with Crippen molar-refractivity contribution in [3.8, 4) is 0 Å². The SMILES string of the molecule is COCC(O)(c1ccccc1)c1sccc1C(=O)O. The summed E-state index contributed by atoms with van der Waals surface area (Å²) in [5.41, 5.74) is -0.729. The highest BCUT2D eigenvalue weighted by molar-refractivity contribution is 7.10. The van der Waals surface area contributed by atoms with Crippen LogP contribution >= 0.6 is 11.3 Å². The lowest BCUT2D eigenvalue weighted by Gasteiger charge is -2.27. The zero-order valence-electron chi connectivity index (χ0n) is 10.4. The van der Waals surface area contributed by atoms with E-state index in [1.165, 1.54) is 24.5 Å². The van der Waals surface area contributed by atoms with Gasteiger partial charge in [-0.15, -0.1) is 11.3 Å². The highest BCUT2D eigenvalue weighted by atomic mass is 32.1. The van der Waals surface area contributed by atoms with Crippen LogP contribution in [0.25, 0.3) is 0 Å². The first-order valence-electron chi connectivity index (χ1n) is 5.67. The van der Waals surface area contributed by atoms with Crippen molar-refractivity contribution in [3.63, 3.8) is 0 Å². The summed E-state index contributed by atoms with van der Waals surface area (Å²) in [5.74, 6) is -1.05. The lowest BCUT2D eigenvalue weighted by Crippen LogP contribution is -2.33. The summed E-state index contributed by atoms with van der Waals surface area (Å²) >= 11 is 1.21. The number of aliphatic hydroxyl groups is 1. The molecule has 100 valence electrons. The largest absolute Gasteiger partial charge is 0.478 e. The molecule has 0 bridgehead atoms. The Bertz CT molecular complexity index is 564. The second kappa shape index (κ2) is 5.52. The molecule has 0 aliphatic rings. The number of ether oxygens (including phenoxy) is 1. The Morgan fingerprint density at radius 1 is 1.32 bits per heavy atom. The molecule has 0 aliphatic heterocycles. The molecule has 0 amide bonds. The first kappa shape index (κ1) is 13.7. The average Bonchev–Trinajstić information content (AvgIpc) is 2.90. The van der Waals surface area contributed by atoms with Crippen molar-refractivity contribution < 1.29 is 19.7 Å². The lowest BCUT2D eigenvalue weighted by molar-refractivity contribution is -0.00153. The Morgan fingerprint density at radius 3 is 2.58 bits per heavy atom. The van der Waals surface area contributed by atoms with Crippen LogP contribution in [0.2, 0.25) is 0 Å².